The predicted octanol–water partition coefficient (Wildman–Crippen LogP) is 1.80. The summed E-state index contributed by atoms with van der Waals surface area (Å²) in [6.45, 7) is 0. The van der Waals surface area contributed by atoms with Crippen molar-refractivity contribution in [2.75, 3.05) is 7.11 Å². The summed E-state index contributed by atoms with van der Waals surface area (Å²) >= 11 is 0. The summed E-state index contributed by atoms with van der Waals surface area (Å²) in [4.78, 5) is 11.1. The smallest absolute Gasteiger partial charge is 0.334 e. The Morgan fingerprint density at radius 1 is 1.57 bits per heavy atom. The van der Waals surface area contributed by atoms with Gasteiger partial charge in [-0.3, -0.25) is 0 Å². The highest BCUT2D eigenvalue weighted by Gasteiger charge is 2.25. The molecule has 0 saturated carbocycles. The van der Waals surface area contributed by atoms with Gasteiger partial charge in [-0.1, -0.05) is 0 Å². The molecular formula is C10H10O4. The minimum Gasteiger partial charge on any atom is -0.501 e. The first-order valence-corrected chi connectivity index (χ1v) is 4.28. The Morgan fingerprint density at radius 3 is 3.07 bits per heavy atom. The van der Waals surface area contributed by atoms with Crippen LogP contribution in [-0.4, -0.2) is 13.1 Å². The van der Waals surface area contributed by atoms with E-state index in [4.69, 9.17) is 13.9 Å². The van der Waals surface area contributed by atoms with E-state index in [1.54, 1.807) is 18.4 Å². The van der Waals surface area contributed by atoms with E-state index in [0.717, 1.165) is 0 Å². The van der Waals surface area contributed by atoms with Gasteiger partial charge in [0.2, 0.25) is 0 Å². The molecule has 0 bridgehead atoms. The summed E-state index contributed by atoms with van der Waals surface area (Å²) in [5, 5.41) is 0. The molecule has 1 aliphatic heterocycles. The van der Waals surface area contributed by atoms with Crippen LogP contribution in [-0.2, 0) is 14.3 Å². The molecule has 4 nitrogen and oxygen atoms in total. The molecule has 1 aromatic rings. The highest BCUT2D eigenvalue weighted by atomic mass is 16.6. The Hall–Kier alpha value is -1.71. The number of methoxy groups -OCH3 is 1. The highest BCUT2D eigenvalue weighted by Crippen LogP contribution is 2.29. The standard InChI is InChI=1S/C10H10O4/c1-12-7-5-9(14-10(11)6-7)8-3-2-4-13-8/h2-4,6,9H,5H2,1H3/t9-/m1/s1. The van der Waals surface area contributed by atoms with Crippen molar-refractivity contribution in [1.29, 1.82) is 0 Å². The number of esters is 1. The van der Waals surface area contributed by atoms with Crippen LogP contribution in [0.15, 0.2) is 34.6 Å². The topological polar surface area (TPSA) is 48.7 Å². The van der Waals surface area contributed by atoms with Gasteiger partial charge in [0.1, 0.15) is 11.5 Å². The van der Waals surface area contributed by atoms with Crippen LogP contribution < -0.4 is 0 Å². The molecule has 0 unspecified atom stereocenters. The van der Waals surface area contributed by atoms with Crippen molar-refractivity contribution in [3.05, 3.63) is 36.0 Å². The molecule has 0 aliphatic carbocycles. The molecule has 0 radical (unpaired) electrons. The number of rotatable bonds is 2. The van der Waals surface area contributed by atoms with Crippen molar-refractivity contribution >= 4 is 5.97 Å². The van der Waals surface area contributed by atoms with Gasteiger partial charge in [0.25, 0.3) is 0 Å². The maximum absolute atomic E-state index is 11.1. The lowest BCUT2D eigenvalue weighted by molar-refractivity contribution is -0.146. The third-order valence-corrected chi connectivity index (χ3v) is 2.05. The van der Waals surface area contributed by atoms with Crippen molar-refractivity contribution in [3.63, 3.8) is 0 Å². The van der Waals surface area contributed by atoms with Crippen LogP contribution in [0.25, 0.3) is 0 Å². The van der Waals surface area contributed by atoms with E-state index in [9.17, 15) is 4.79 Å². The van der Waals surface area contributed by atoms with E-state index in [1.807, 2.05) is 0 Å². The molecular weight excluding hydrogens is 184 g/mol. The van der Waals surface area contributed by atoms with Crippen molar-refractivity contribution in [1.82, 2.24) is 0 Å². The average molecular weight is 194 g/mol. The third kappa shape index (κ3) is 1.64. The fraction of sp³-hybridized carbons (Fsp3) is 0.300. The molecule has 0 N–H and O–H groups in total. The van der Waals surface area contributed by atoms with Crippen molar-refractivity contribution in [2.24, 2.45) is 0 Å². The summed E-state index contributed by atoms with van der Waals surface area (Å²) in [6.07, 6.45) is 3.06. The summed E-state index contributed by atoms with van der Waals surface area (Å²) in [7, 11) is 1.53. The normalized spacial score (nSPS) is 21.4. The van der Waals surface area contributed by atoms with Crippen LogP contribution in [0.2, 0.25) is 0 Å². The van der Waals surface area contributed by atoms with Crippen LogP contribution in [0.1, 0.15) is 18.3 Å². The predicted molar refractivity (Wildman–Crippen MR) is 47.3 cm³/mol. The molecule has 1 aromatic heterocycles. The third-order valence-electron chi connectivity index (χ3n) is 2.05. The first-order chi connectivity index (χ1) is 6.79. The van der Waals surface area contributed by atoms with Crippen molar-refractivity contribution in [2.45, 2.75) is 12.5 Å². The molecule has 2 rings (SSSR count). The van der Waals surface area contributed by atoms with Gasteiger partial charge in [0, 0.05) is 6.42 Å². The largest absolute Gasteiger partial charge is 0.501 e. The zero-order valence-corrected chi connectivity index (χ0v) is 7.73. The van der Waals surface area contributed by atoms with E-state index in [2.05, 4.69) is 0 Å². The SMILES string of the molecule is COC1=CC(=O)O[C@@H](c2ccco2)C1. The Labute approximate surface area is 81.1 Å². The van der Waals surface area contributed by atoms with Crippen LogP contribution in [0.4, 0.5) is 0 Å². The lowest BCUT2D eigenvalue weighted by atomic mass is 10.1. The number of hydrogen-bond acceptors (Lipinski definition) is 4. The van der Waals surface area contributed by atoms with Gasteiger partial charge in [-0.15, -0.1) is 0 Å². The molecule has 0 saturated heterocycles. The van der Waals surface area contributed by atoms with Gasteiger partial charge in [-0.25, -0.2) is 4.79 Å². The zero-order chi connectivity index (χ0) is 9.97. The summed E-state index contributed by atoms with van der Waals surface area (Å²) in [5.74, 6) is 0.859. The van der Waals surface area contributed by atoms with Gasteiger partial charge in [-0.05, 0) is 12.1 Å². The second-order valence-corrected chi connectivity index (χ2v) is 2.96. The molecule has 0 spiro atoms. The second-order valence-electron chi connectivity index (χ2n) is 2.96. The van der Waals surface area contributed by atoms with Crippen molar-refractivity contribution in [3.8, 4) is 0 Å². The Morgan fingerprint density at radius 2 is 2.43 bits per heavy atom. The van der Waals surface area contributed by atoms with Crippen molar-refractivity contribution < 1.29 is 18.7 Å². The highest BCUT2D eigenvalue weighted by molar-refractivity contribution is 5.83. The molecule has 74 valence electrons. The lowest BCUT2D eigenvalue weighted by Gasteiger charge is -2.20. The molecule has 14 heavy (non-hydrogen) atoms. The van der Waals surface area contributed by atoms with Gasteiger partial charge in [0.05, 0.1) is 19.4 Å². The van der Waals surface area contributed by atoms with Crippen LogP contribution >= 0.6 is 0 Å². The van der Waals surface area contributed by atoms with Gasteiger partial charge >= 0.3 is 5.97 Å². The number of furan rings is 1. The summed E-state index contributed by atoms with van der Waals surface area (Å²) < 4.78 is 15.2. The molecule has 0 fully saturated rings. The second kappa shape index (κ2) is 3.57. The maximum atomic E-state index is 11.1. The number of carbonyl (C=O) groups is 1. The van der Waals surface area contributed by atoms with Crippen LogP contribution in [0.3, 0.4) is 0 Å². The first-order valence-electron chi connectivity index (χ1n) is 4.28. The molecule has 1 aliphatic rings. The quantitative estimate of drug-likeness (QED) is 0.673. The van der Waals surface area contributed by atoms with Gasteiger partial charge < -0.3 is 13.9 Å². The molecule has 0 aromatic carbocycles. The minimum atomic E-state index is -0.394. The summed E-state index contributed by atoms with van der Waals surface area (Å²) in [5.41, 5.74) is 0. The Kier molecular flexibility index (Phi) is 2.26. The van der Waals surface area contributed by atoms with E-state index in [-0.39, 0.29) is 6.10 Å². The molecule has 1 atom stereocenters. The molecule has 4 heteroatoms. The Balaban J connectivity index is 2.18. The maximum Gasteiger partial charge on any atom is 0.334 e. The van der Waals surface area contributed by atoms with Crippen LogP contribution in [0.5, 0.6) is 0 Å². The van der Waals surface area contributed by atoms with E-state index < -0.39 is 5.97 Å². The van der Waals surface area contributed by atoms with E-state index >= 15 is 0 Å². The molecule has 2 heterocycles. The number of carbonyl (C=O) groups excluding carboxylic acids is 1. The minimum absolute atomic E-state index is 0.363. The zero-order valence-electron chi connectivity index (χ0n) is 7.73. The molecule has 0 amide bonds. The number of hydrogen-bond donors (Lipinski definition) is 0. The summed E-state index contributed by atoms with van der Waals surface area (Å²) in [6, 6.07) is 3.53. The lowest BCUT2D eigenvalue weighted by Crippen LogP contribution is -2.16. The van der Waals surface area contributed by atoms with Crippen LogP contribution in [0, 0.1) is 0 Å². The Bertz CT molecular complexity index is 350. The number of cyclic esters (lactones) is 1. The van der Waals surface area contributed by atoms with E-state index in [0.29, 0.717) is 17.9 Å². The average Bonchev–Trinajstić information content (AvgIpc) is 2.69. The van der Waals surface area contributed by atoms with Gasteiger partial charge in [-0.2, -0.15) is 0 Å². The van der Waals surface area contributed by atoms with E-state index in [1.165, 1.54) is 13.2 Å². The first kappa shape index (κ1) is 8.87. The monoisotopic (exact) mass is 194 g/mol. The fourth-order valence-electron chi connectivity index (χ4n) is 1.36. The number of ether oxygens (including phenoxy) is 2. The van der Waals surface area contributed by atoms with Gasteiger partial charge in [0.15, 0.2) is 6.10 Å². The fourth-order valence-corrected chi connectivity index (χ4v) is 1.36.